The number of esters is 1. The van der Waals surface area contributed by atoms with E-state index >= 15 is 0 Å². The van der Waals surface area contributed by atoms with Crippen molar-refractivity contribution in [2.45, 2.75) is 33.8 Å². The van der Waals surface area contributed by atoms with Crippen molar-refractivity contribution < 1.29 is 14.3 Å². The number of pyridine rings is 1. The SMILES string of the molecule is Cc1[nH]c(C(=O)Nc2ccc3nncn3c2)c(C)c1C(=O)OC(C)C. The van der Waals surface area contributed by atoms with E-state index in [0.29, 0.717) is 33.8 Å². The number of hydrogen-bond donors (Lipinski definition) is 2. The van der Waals surface area contributed by atoms with E-state index in [9.17, 15) is 9.59 Å². The summed E-state index contributed by atoms with van der Waals surface area (Å²) in [6, 6.07) is 3.49. The van der Waals surface area contributed by atoms with Crippen LogP contribution in [0.1, 0.15) is 46.0 Å². The lowest BCUT2D eigenvalue weighted by Gasteiger charge is -2.08. The van der Waals surface area contributed by atoms with Crippen molar-refractivity contribution in [3.05, 3.63) is 47.2 Å². The highest BCUT2D eigenvalue weighted by atomic mass is 16.5. The summed E-state index contributed by atoms with van der Waals surface area (Å²) in [6.07, 6.45) is 3.04. The van der Waals surface area contributed by atoms with Gasteiger partial charge in [-0.1, -0.05) is 0 Å². The van der Waals surface area contributed by atoms with Crippen LogP contribution in [0.25, 0.3) is 5.65 Å². The maximum atomic E-state index is 12.6. The molecule has 0 spiro atoms. The number of aromatic nitrogens is 4. The van der Waals surface area contributed by atoms with Crippen LogP contribution in [0.4, 0.5) is 5.69 Å². The first kappa shape index (κ1) is 16.7. The Balaban J connectivity index is 1.85. The quantitative estimate of drug-likeness (QED) is 0.710. The van der Waals surface area contributed by atoms with E-state index in [1.54, 1.807) is 56.8 Å². The second-order valence-corrected chi connectivity index (χ2v) is 6.05. The summed E-state index contributed by atoms with van der Waals surface area (Å²) < 4.78 is 6.94. The number of ether oxygens (including phenoxy) is 1. The largest absolute Gasteiger partial charge is 0.459 e. The number of rotatable bonds is 4. The van der Waals surface area contributed by atoms with Crippen LogP contribution in [0.2, 0.25) is 0 Å². The minimum atomic E-state index is -0.439. The fraction of sp³-hybridized carbons (Fsp3) is 0.294. The lowest BCUT2D eigenvalue weighted by Crippen LogP contribution is -2.15. The van der Waals surface area contributed by atoms with Crippen LogP contribution in [0, 0.1) is 13.8 Å². The normalized spacial score (nSPS) is 11.1. The van der Waals surface area contributed by atoms with Gasteiger partial charge in [0, 0.05) is 11.9 Å². The number of nitrogens with zero attached hydrogens (tertiary/aromatic N) is 3. The molecule has 130 valence electrons. The second kappa shape index (κ2) is 6.39. The molecule has 0 bridgehead atoms. The van der Waals surface area contributed by atoms with Gasteiger partial charge in [0.05, 0.1) is 17.4 Å². The van der Waals surface area contributed by atoms with Crippen molar-refractivity contribution in [3.8, 4) is 0 Å². The molecular weight excluding hydrogens is 322 g/mol. The molecule has 0 aliphatic rings. The van der Waals surface area contributed by atoms with Crippen LogP contribution in [0.15, 0.2) is 24.7 Å². The maximum absolute atomic E-state index is 12.6. The predicted octanol–water partition coefficient (Wildman–Crippen LogP) is 2.49. The van der Waals surface area contributed by atoms with Gasteiger partial charge in [-0.05, 0) is 45.4 Å². The predicted molar refractivity (Wildman–Crippen MR) is 91.8 cm³/mol. The van der Waals surface area contributed by atoms with Crippen molar-refractivity contribution in [2.24, 2.45) is 0 Å². The van der Waals surface area contributed by atoms with E-state index in [1.807, 2.05) is 0 Å². The molecule has 0 aliphatic heterocycles. The summed E-state index contributed by atoms with van der Waals surface area (Å²) in [4.78, 5) is 27.8. The van der Waals surface area contributed by atoms with E-state index < -0.39 is 5.97 Å². The minimum Gasteiger partial charge on any atom is -0.459 e. The fourth-order valence-corrected chi connectivity index (χ4v) is 2.65. The Bertz CT molecular complexity index is 955. The van der Waals surface area contributed by atoms with Gasteiger partial charge < -0.3 is 15.0 Å². The first-order valence-electron chi connectivity index (χ1n) is 7.87. The molecule has 0 saturated heterocycles. The Hall–Kier alpha value is -3.16. The average molecular weight is 341 g/mol. The first-order chi connectivity index (χ1) is 11.9. The summed E-state index contributed by atoms with van der Waals surface area (Å²) in [5.74, 6) is -0.775. The molecule has 0 aliphatic carbocycles. The monoisotopic (exact) mass is 341 g/mol. The molecule has 3 aromatic rings. The van der Waals surface area contributed by atoms with Gasteiger partial charge in [0.15, 0.2) is 5.65 Å². The van der Waals surface area contributed by atoms with E-state index in [4.69, 9.17) is 4.74 Å². The van der Waals surface area contributed by atoms with Crippen LogP contribution in [0.3, 0.4) is 0 Å². The third-order valence-corrected chi connectivity index (χ3v) is 3.76. The first-order valence-corrected chi connectivity index (χ1v) is 7.87. The van der Waals surface area contributed by atoms with E-state index in [0.717, 1.165) is 0 Å². The van der Waals surface area contributed by atoms with Crippen molar-refractivity contribution >= 4 is 23.2 Å². The van der Waals surface area contributed by atoms with Crippen LogP contribution < -0.4 is 5.32 Å². The molecule has 8 nitrogen and oxygen atoms in total. The Kier molecular flexibility index (Phi) is 4.26. The standard InChI is InChI=1S/C17H19N5O3/c1-9(2)25-17(24)14-10(3)15(19-11(14)4)16(23)20-12-5-6-13-21-18-8-22(13)7-12/h5-9,19H,1-4H3,(H,20,23). The molecule has 0 atom stereocenters. The minimum absolute atomic E-state index is 0.228. The molecule has 0 aromatic carbocycles. The highest BCUT2D eigenvalue weighted by Crippen LogP contribution is 2.21. The summed E-state index contributed by atoms with van der Waals surface area (Å²) >= 11 is 0. The molecule has 0 fully saturated rings. The van der Waals surface area contributed by atoms with Gasteiger partial charge in [-0.15, -0.1) is 10.2 Å². The molecule has 1 amide bonds. The Morgan fingerprint density at radius 1 is 1.28 bits per heavy atom. The lowest BCUT2D eigenvalue weighted by atomic mass is 10.1. The molecule has 3 heterocycles. The number of amides is 1. The molecule has 0 saturated carbocycles. The second-order valence-electron chi connectivity index (χ2n) is 6.05. The summed E-state index contributed by atoms with van der Waals surface area (Å²) in [5.41, 5.74) is 3.16. The number of H-pyrrole nitrogens is 1. The van der Waals surface area contributed by atoms with Gasteiger partial charge in [-0.2, -0.15) is 0 Å². The zero-order chi connectivity index (χ0) is 18.1. The molecule has 3 rings (SSSR count). The highest BCUT2D eigenvalue weighted by Gasteiger charge is 2.23. The van der Waals surface area contributed by atoms with E-state index in [-0.39, 0.29) is 12.0 Å². The van der Waals surface area contributed by atoms with Crippen molar-refractivity contribution in [1.29, 1.82) is 0 Å². The Labute approximate surface area is 144 Å². The number of nitrogens with one attached hydrogen (secondary N) is 2. The topological polar surface area (TPSA) is 101 Å². The molecule has 3 aromatic heterocycles. The zero-order valence-electron chi connectivity index (χ0n) is 14.5. The summed E-state index contributed by atoms with van der Waals surface area (Å²) in [7, 11) is 0. The smallest absolute Gasteiger partial charge is 0.340 e. The Morgan fingerprint density at radius 3 is 2.76 bits per heavy atom. The molecule has 8 heteroatoms. The summed E-state index contributed by atoms with van der Waals surface area (Å²) in [6.45, 7) is 7.02. The summed E-state index contributed by atoms with van der Waals surface area (Å²) in [5, 5.41) is 10.5. The van der Waals surface area contributed by atoms with E-state index in [2.05, 4.69) is 20.5 Å². The third-order valence-electron chi connectivity index (χ3n) is 3.76. The van der Waals surface area contributed by atoms with Gasteiger partial charge in [-0.25, -0.2) is 4.79 Å². The molecule has 0 radical (unpaired) electrons. The zero-order valence-corrected chi connectivity index (χ0v) is 14.5. The van der Waals surface area contributed by atoms with Crippen LogP contribution >= 0.6 is 0 Å². The number of carbonyl (C=O) groups excluding carboxylic acids is 2. The lowest BCUT2D eigenvalue weighted by molar-refractivity contribution is 0.0376. The number of fused-ring (bicyclic) bond motifs is 1. The molecular formula is C17H19N5O3. The number of aromatic amines is 1. The van der Waals surface area contributed by atoms with Gasteiger partial charge in [0.25, 0.3) is 5.91 Å². The fourth-order valence-electron chi connectivity index (χ4n) is 2.65. The van der Waals surface area contributed by atoms with Crippen LogP contribution in [-0.2, 0) is 4.74 Å². The molecule has 25 heavy (non-hydrogen) atoms. The van der Waals surface area contributed by atoms with Crippen LogP contribution in [-0.4, -0.2) is 37.6 Å². The number of aryl methyl sites for hydroxylation is 1. The van der Waals surface area contributed by atoms with E-state index in [1.165, 1.54) is 0 Å². The van der Waals surface area contributed by atoms with Crippen molar-refractivity contribution in [1.82, 2.24) is 19.6 Å². The number of hydrogen-bond acceptors (Lipinski definition) is 5. The number of carbonyl (C=O) groups is 2. The molecule has 0 unspecified atom stereocenters. The van der Waals surface area contributed by atoms with Gasteiger partial charge in [0.2, 0.25) is 0 Å². The number of anilines is 1. The Morgan fingerprint density at radius 2 is 2.04 bits per heavy atom. The van der Waals surface area contributed by atoms with Crippen LogP contribution in [0.5, 0.6) is 0 Å². The average Bonchev–Trinajstić information content (AvgIpc) is 3.10. The third kappa shape index (κ3) is 3.23. The highest BCUT2D eigenvalue weighted by molar-refractivity contribution is 6.06. The van der Waals surface area contributed by atoms with Gasteiger partial charge in [0.1, 0.15) is 12.0 Å². The molecule has 2 N–H and O–H groups in total. The van der Waals surface area contributed by atoms with Gasteiger partial charge in [-0.3, -0.25) is 9.20 Å². The maximum Gasteiger partial charge on any atom is 0.340 e. The van der Waals surface area contributed by atoms with Crippen molar-refractivity contribution in [3.63, 3.8) is 0 Å². The van der Waals surface area contributed by atoms with Crippen molar-refractivity contribution in [2.75, 3.05) is 5.32 Å². The van der Waals surface area contributed by atoms with Gasteiger partial charge >= 0.3 is 5.97 Å².